The van der Waals surface area contributed by atoms with E-state index in [2.05, 4.69) is 11.1 Å². The molecule has 0 saturated heterocycles. The summed E-state index contributed by atoms with van der Waals surface area (Å²) in [6.45, 7) is 3.24. The van der Waals surface area contributed by atoms with Gasteiger partial charge in [-0.15, -0.1) is 0 Å². The van der Waals surface area contributed by atoms with Crippen molar-refractivity contribution < 1.29 is 9.21 Å². The third kappa shape index (κ3) is 5.46. The maximum Gasteiger partial charge on any atom is 0.223 e. The van der Waals surface area contributed by atoms with E-state index in [0.717, 1.165) is 17.5 Å². The highest BCUT2D eigenvalue weighted by Crippen LogP contribution is 2.28. The number of nitriles is 1. The zero-order valence-electron chi connectivity index (χ0n) is 16.3. The van der Waals surface area contributed by atoms with Gasteiger partial charge in [0, 0.05) is 31.5 Å². The highest BCUT2D eigenvalue weighted by atomic mass is 35.5. The van der Waals surface area contributed by atoms with Crippen molar-refractivity contribution in [1.29, 1.82) is 5.26 Å². The molecule has 29 heavy (non-hydrogen) atoms. The third-order valence-corrected chi connectivity index (χ3v) is 4.88. The molecule has 0 unspecified atom stereocenters. The van der Waals surface area contributed by atoms with Crippen molar-refractivity contribution in [2.24, 2.45) is 0 Å². The van der Waals surface area contributed by atoms with Crippen LogP contribution in [0.5, 0.6) is 0 Å². The molecule has 0 atom stereocenters. The van der Waals surface area contributed by atoms with Crippen molar-refractivity contribution in [3.63, 3.8) is 0 Å². The summed E-state index contributed by atoms with van der Waals surface area (Å²) in [6.07, 6.45) is 3.26. The van der Waals surface area contributed by atoms with Gasteiger partial charge in [0.25, 0.3) is 0 Å². The van der Waals surface area contributed by atoms with E-state index in [4.69, 9.17) is 21.3 Å². The first-order chi connectivity index (χ1) is 14.1. The van der Waals surface area contributed by atoms with Gasteiger partial charge in [-0.2, -0.15) is 5.26 Å². The SMILES string of the molecule is CCCN(Cc1ccc(C#N)cc1)C(=O)CCc1ncc(-c2ccccc2Cl)o1. The van der Waals surface area contributed by atoms with Gasteiger partial charge in [-0.25, -0.2) is 4.98 Å². The first kappa shape index (κ1) is 20.6. The number of amides is 1. The average molecular weight is 408 g/mol. The number of benzene rings is 2. The van der Waals surface area contributed by atoms with E-state index < -0.39 is 0 Å². The number of oxazole rings is 1. The molecule has 0 aliphatic rings. The number of aromatic nitrogens is 1. The highest BCUT2D eigenvalue weighted by molar-refractivity contribution is 6.33. The molecule has 148 valence electrons. The molecule has 1 heterocycles. The van der Waals surface area contributed by atoms with Gasteiger partial charge in [0.05, 0.1) is 22.9 Å². The minimum atomic E-state index is 0.0497. The van der Waals surface area contributed by atoms with E-state index in [-0.39, 0.29) is 5.91 Å². The second-order valence-corrected chi connectivity index (χ2v) is 7.13. The standard InChI is InChI=1S/C23H22ClN3O2/c1-2-13-27(16-18-9-7-17(14-25)8-10-18)23(28)12-11-22-26-15-21(29-22)19-5-3-4-6-20(19)24/h3-10,15H,2,11-13,16H2,1H3. The second-order valence-electron chi connectivity index (χ2n) is 6.72. The molecular weight excluding hydrogens is 386 g/mol. The number of rotatable bonds is 8. The number of aryl methyl sites for hydroxylation is 1. The molecule has 0 bridgehead atoms. The molecule has 0 fully saturated rings. The molecule has 3 aromatic rings. The number of carbonyl (C=O) groups is 1. The number of hydrogen-bond acceptors (Lipinski definition) is 4. The molecule has 5 nitrogen and oxygen atoms in total. The Kier molecular flexibility index (Phi) is 7.04. The maximum atomic E-state index is 12.7. The predicted octanol–water partition coefficient (Wildman–Crippen LogP) is 5.24. The Hall–Kier alpha value is -3.10. The van der Waals surface area contributed by atoms with Crippen LogP contribution >= 0.6 is 11.6 Å². The van der Waals surface area contributed by atoms with Crippen LogP contribution in [0, 0.1) is 11.3 Å². The Morgan fingerprint density at radius 1 is 1.21 bits per heavy atom. The van der Waals surface area contributed by atoms with Crippen molar-refractivity contribution in [1.82, 2.24) is 9.88 Å². The van der Waals surface area contributed by atoms with Crippen LogP contribution in [0.1, 0.15) is 36.8 Å². The van der Waals surface area contributed by atoms with Crippen LogP contribution < -0.4 is 0 Å². The molecule has 0 aliphatic carbocycles. The molecule has 0 radical (unpaired) electrons. The lowest BCUT2D eigenvalue weighted by Crippen LogP contribution is -2.31. The fraction of sp³-hybridized carbons (Fsp3) is 0.261. The second kappa shape index (κ2) is 9.90. The Labute approximate surface area is 175 Å². The molecule has 0 spiro atoms. The van der Waals surface area contributed by atoms with Crippen LogP contribution in [0.25, 0.3) is 11.3 Å². The molecular formula is C23H22ClN3O2. The fourth-order valence-corrected chi connectivity index (χ4v) is 3.28. The quantitative estimate of drug-likeness (QED) is 0.512. The van der Waals surface area contributed by atoms with Gasteiger partial charge in [0.1, 0.15) is 0 Å². The largest absolute Gasteiger partial charge is 0.441 e. The zero-order valence-corrected chi connectivity index (χ0v) is 17.0. The summed E-state index contributed by atoms with van der Waals surface area (Å²) in [5.41, 5.74) is 2.40. The minimum absolute atomic E-state index is 0.0497. The zero-order chi connectivity index (χ0) is 20.6. The van der Waals surface area contributed by atoms with Gasteiger partial charge in [0.15, 0.2) is 11.7 Å². The highest BCUT2D eigenvalue weighted by Gasteiger charge is 2.16. The minimum Gasteiger partial charge on any atom is -0.441 e. The van der Waals surface area contributed by atoms with Crippen LogP contribution in [0.3, 0.4) is 0 Å². The maximum absolute atomic E-state index is 12.7. The van der Waals surface area contributed by atoms with E-state index >= 15 is 0 Å². The predicted molar refractivity (Wildman–Crippen MR) is 112 cm³/mol. The number of halogens is 1. The van der Waals surface area contributed by atoms with E-state index in [1.807, 2.05) is 42.2 Å². The van der Waals surface area contributed by atoms with E-state index in [1.165, 1.54) is 0 Å². The lowest BCUT2D eigenvalue weighted by atomic mass is 10.1. The van der Waals surface area contributed by atoms with E-state index in [0.29, 0.717) is 48.2 Å². The van der Waals surface area contributed by atoms with Crippen LogP contribution in [-0.2, 0) is 17.8 Å². The number of hydrogen-bond donors (Lipinski definition) is 0. The van der Waals surface area contributed by atoms with Gasteiger partial charge in [-0.05, 0) is 36.2 Å². The number of carbonyl (C=O) groups excluding carboxylic acids is 1. The molecule has 2 aromatic carbocycles. The summed E-state index contributed by atoms with van der Waals surface area (Å²) in [7, 11) is 0. The summed E-state index contributed by atoms with van der Waals surface area (Å²) >= 11 is 6.20. The average Bonchev–Trinajstić information content (AvgIpc) is 3.21. The first-order valence-corrected chi connectivity index (χ1v) is 9.95. The third-order valence-electron chi connectivity index (χ3n) is 4.55. The van der Waals surface area contributed by atoms with Crippen molar-refractivity contribution in [3.05, 3.63) is 76.8 Å². The summed E-state index contributed by atoms with van der Waals surface area (Å²) in [4.78, 5) is 18.9. The molecule has 6 heteroatoms. The monoisotopic (exact) mass is 407 g/mol. The van der Waals surface area contributed by atoms with Gasteiger partial charge in [-0.1, -0.05) is 42.8 Å². The van der Waals surface area contributed by atoms with Crippen molar-refractivity contribution in [2.45, 2.75) is 32.7 Å². The Morgan fingerprint density at radius 3 is 2.66 bits per heavy atom. The van der Waals surface area contributed by atoms with Crippen molar-refractivity contribution in [3.8, 4) is 17.4 Å². The molecule has 0 saturated carbocycles. The normalized spacial score (nSPS) is 10.5. The summed E-state index contributed by atoms with van der Waals surface area (Å²) in [5.74, 6) is 1.16. The van der Waals surface area contributed by atoms with Gasteiger partial charge in [0.2, 0.25) is 5.91 Å². The Morgan fingerprint density at radius 2 is 1.97 bits per heavy atom. The van der Waals surface area contributed by atoms with Crippen LogP contribution in [-0.4, -0.2) is 22.3 Å². The van der Waals surface area contributed by atoms with Gasteiger partial charge >= 0.3 is 0 Å². The number of nitrogens with zero attached hydrogens (tertiary/aromatic N) is 3. The van der Waals surface area contributed by atoms with Crippen LogP contribution in [0.2, 0.25) is 5.02 Å². The topological polar surface area (TPSA) is 70.1 Å². The van der Waals surface area contributed by atoms with Crippen molar-refractivity contribution >= 4 is 17.5 Å². The molecule has 0 N–H and O–H groups in total. The molecule has 0 aliphatic heterocycles. The first-order valence-electron chi connectivity index (χ1n) is 9.57. The molecule has 1 aromatic heterocycles. The Balaban J connectivity index is 1.61. The smallest absolute Gasteiger partial charge is 0.223 e. The molecule has 1 amide bonds. The van der Waals surface area contributed by atoms with Crippen LogP contribution in [0.4, 0.5) is 0 Å². The molecule has 3 rings (SSSR count). The van der Waals surface area contributed by atoms with E-state index in [9.17, 15) is 4.79 Å². The van der Waals surface area contributed by atoms with E-state index in [1.54, 1.807) is 24.4 Å². The van der Waals surface area contributed by atoms with Gasteiger partial charge in [-0.3, -0.25) is 4.79 Å². The van der Waals surface area contributed by atoms with Crippen molar-refractivity contribution in [2.75, 3.05) is 6.54 Å². The fourth-order valence-electron chi connectivity index (χ4n) is 3.05. The van der Waals surface area contributed by atoms with Gasteiger partial charge < -0.3 is 9.32 Å². The van der Waals surface area contributed by atoms with Crippen LogP contribution in [0.15, 0.2) is 59.1 Å². The summed E-state index contributed by atoms with van der Waals surface area (Å²) < 4.78 is 5.79. The summed E-state index contributed by atoms with van der Waals surface area (Å²) in [5, 5.41) is 9.51. The lowest BCUT2D eigenvalue weighted by molar-refractivity contribution is -0.131. The lowest BCUT2D eigenvalue weighted by Gasteiger charge is -2.22. The Bertz CT molecular complexity index is 1010. The summed E-state index contributed by atoms with van der Waals surface area (Å²) in [6, 6.07) is 16.8.